The van der Waals surface area contributed by atoms with Crippen molar-refractivity contribution in [1.82, 2.24) is 16.0 Å². The van der Waals surface area contributed by atoms with Crippen LogP contribution in [0.25, 0.3) is 0 Å². The zero-order valence-electron chi connectivity index (χ0n) is 71.2. The molecule has 6 rings (SSSR count). The number of ether oxygens (including phenoxy) is 12. The average molecular weight is 1730 g/mol. The van der Waals surface area contributed by atoms with E-state index in [0.29, 0.717) is 12.8 Å². The molecule has 21 N–H and O–H groups in total. The lowest BCUT2D eigenvalue weighted by Gasteiger charge is -2.51. The second-order valence-corrected chi connectivity index (χ2v) is 33.5. The van der Waals surface area contributed by atoms with Crippen molar-refractivity contribution in [3.63, 3.8) is 0 Å². The van der Waals surface area contributed by atoms with E-state index in [9.17, 15) is 106 Å². The first-order chi connectivity index (χ1) is 57.8. The maximum Gasteiger partial charge on any atom is 0.220 e. The van der Waals surface area contributed by atoms with Crippen LogP contribution in [-0.2, 0) is 71.2 Å². The molecule has 6 saturated heterocycles. The van der Waals surface area contributed by atoms with Crippen molar-refractivity contribution in [3.8, 4) is 0 Å². The van der Waals surface area contributed by atoms with Gasteiger partial charge in [-0.1, -0.05) is 231 Å². The van der Waals surface area contributed by atoms with Crippen LogP contribution in [0.1, 0.15) is 259 Å². The predicted octanol–water partition coefficient (Wildman–Crippen LogP) is 0.697. The van der Waals surface area contributed by atoms with E-state index in [2.05, 4.69) is 29.8 Å². The molecule has 32 atom stereocenters. The highest BCUT2D eigenvalue weighted by atomic mass is 16.8. The number of carbonyl (C=O) groups is 3. The topological polar surface area (TPSA) is 562 Å². The summed E-state index contributed by atoms with van der Waals surface area (Å²) in [6, 6.07) is -4.65. The van der Waals surface area contributed by atoms with Gasteiger partial charge in [0, 0.05) is 20.3 Å². The van der Waals surface area contributed by atoms with Gasteiger partial charge in [0.1, 0.15) is 146 Å². The number of allylic oxidation sites excluding steroid dienone is 1. The van der Waals surface area contributed by atoms with Crippen LogP contribution < -0.4 is 16.0 Å². The van der Waals surface area contributed by atoms with E-state index in [-0.39, 0.29) is 12.3 Å². The van der Waals surface area contributed by atoms with Crippen LogP contribution in [0.5, 0.6) is 0 Å². The van der Waals surface area contributed by atoms with E-state index in [1.54, 1.807) is 6.08 Å². The fraction of sp³-hybridized carbons (Fsp3) is 0.940. The third-order valence-electron chi connectivity index (χ3n) is 23.7. The smallest absolute Gasteiger partial charge is 0.220 e. The summed E-state index contributed by atoms with van der Waals surface area (Å²) in [7, 11) is 0. The van der Waals surface area contributed by atoms with Crippen molar-refractivity contribution in [2.75, 3.05) is 46.2 Å². The van der Waals surface area contributed by atoms with Gasteiger partial charge >= 0.3 is 0 Å². The summed E-state index contributed by atoms with van der Waals surface area (Å²) in [4.78, 5) is 39.4. The Kier molecular flexibility index (Phi) is 51.5. The number of unbranched alkanes of at least 4 members (excludes halogenated alkanes) is 33. The van der Waals surface area contributed by atoms with Gasteiger partial charge in [-0.3, -0.25) is 14.4 Å². The lowest BCUT2D eigenvalue weighted by molar-refractivity contribution is -0.385. The van der Waals surface area contributed by atoms with Crippen molar-refractivity contribution in [2.24, 2.45) is 0 Å². The summed E-state index contributed by atoms with van der Waals surface area (Å²) < 4.78 is 71.1. The molecule has 12 unspecified atom stereocenters. The molecule has 0 aromatic carbocycles. The Morgan fingerprint density at radius 2 is 0.633 bits per heavy atom. The third-order valence-corrected chi connectivity index (χ3v) is 23.7. The molecule has 3 amide bonds. The number of rotatable bonds is 60. The fourth-order valence-corrected chi connectivity index (χ4v) is 16.5. The van der Waals surface area contributed by atoms with E-state index >= 15 is 0 Å². The summed E-state index contributed by atoms with van der Waals surface area (Å²) in [5.41, 5.74) is 0. The minimum Gasteiger partial charge on any atom is -0.394 e. The van der Waals surface area contributed by atoms with Gasteiger partial charge in [0.15, 0.2) is 37.7 Å². The molecule has 0 saturated carbocycles. The van der Waals surface area contributed by atoms with Crippen molar-refractivity contribution in [3.05, 3.63) is 12.2 Å². The van der Waals surface area contributed by atoms with E-state index in [4.69, 9.17) is 56.8 Å². The zero-order chi connectivity index (χ0) is 87.6. The number of aliphatic hydroxyl groups is 18. The minimum atomic E-state index is -2.27. The second kappa shape index (κ2) is 58.4. The van der Waals surface area contributed by atoms with Gasteiger partial charge in [-0.15, -0.1) is 0 Å². The molecule has 6 fully saturated rings. The van der Waals surface area contributed by atoms with Gasteiger partial charge in [-0.2, -0.15) is 0 Å². The molecule has 0 aliphatic carbocycles. The van der Waals surface area contributed by atoms with Gasteiger partial charge in [0.25, 0.3) is 0 Å². The molecule has 0 spiro atoms. The van der Waals surface area contributed by atoms with Gasteiger partial charge < -0.3 is 165 Å². The average Bonchev–Trinajstić information content (AvgIpc) is 0.761. The molecule has 36 heteroatoms. The van der Waals surface area contributed by atoms with Crippen molar-refractivity contribution < 1.29 is 163 Å². The molecule has 36 nitrogen and oxygen atoms in total. The molecule has 6 aliphatic heterocycles. The summed E-state index contributed by atoms with van der Waals surface area (Å²) in [6.45, 7) is 0.114. The Morgan fingerprint density at radius 3 is 1.07 bits per heavy atom. The van der Waals surface area contributed by atoms with E-state index < -0.39 is 254 Å². The van der Waals surface area contributed by atoms with Crippen LogP contribution in [0.3, 0.4) is 0 Å². The highest BCUT2D eigenvalue weighted by Gasteiger charge is 2.59. The lowest BCUT2D eigenvalue weighted by Crippen LogP contribution is -2.71. The largest absolute Gasteiger partial charge is 0.394 e. The van der Waals surface area contributed by atoms with Crippen LogP contribution in [0.2, 0.25) is 0 Å². The Bertz CT molecular complexity index is 2740. The number of hydrogen-bond acceptors (Lipinski definition) is 33. The van der Waals surface area contributed by atoms with Crippen LogP contribution in [0, 0.1) is 0 Å². The van der Waals surface area contributed by atoms with Gasteiger partial charge in [0.05, 0.1) is 58.4 Å². The standard InChI is InChI=1S/C84H153N3O33/c1-5-7-9-11-13-15-17-19-20-21-22-23-24-25-26-27-28-30-32-34-36-38-40-42-60(97)87-52(53(96)41-39-37-35-33-31-29-18-16-14-12-10-8-6-2)49-109-81-71(106)68(103)76(58(47-92)114-81)118-83-72(107)69(104)75(59(48-93)115-83)116-80-62(86-51(4)95)77(64(99)55(44-89)110-80)119-84-73(108)78(65(100)56(45-90)112-84)120-79-61(85-50(3)94)66(101)74(57(46-91)113-79)117-82-70(105)67(102)63(98)54(43-88)111-82/h39,41,52-59,61-84,88-93,96,98-108H,5-38,40,42-49H2,1-4H3,(H,85,94)(H,86,95)(H,87,97)/b41-39+/t52-,53+,54?,55?,56?,57?,58?,59?,61?,62?,63-,64-,65-,66+,67-,68+,69+,70?,71?,72?,73?,74+,75-,76+,77+,78-,79-,80-,81+,82-,83-,84-/m0/s1. The van der Waals surface area contributed by atoms with Crippen molar-refractivity contribution in [2.45, 2.75) is 455 Å². The van der Waals surface area contributed by atoms with Crippen LogP contribution in [-0.4, -0.2) is 352 Å². The van der Waals surface area contributed by atoms with Crippen LogP contribution in [0.4, 0.5) is 0 Å². The van der Waals surface area contributed by atoms with Crippen molar-refractivity contribution >= 4 is 17.7 Å². The molecule has 0 bridgehead atoms. The maximum atomic E-state index is 13.6. The number of aliphatic hydroxyl groups excluding tert-OH is 18. The first-order valence-electron chi connectivity index (χ1n) is 45.0. The van der Waals surface area contributed by atoms with Crippen LogP contribution in [0.15, 0.2) is 12.2 Å². The Hall–Kier alpha value is -3.05. The molecular formula is C84H153N3O33. The molecule has 0 aromatic rings. The molecule has 120 heavy (non-hydrogen) atoms. The Morgan fingerprint density at radius 1 is 0.325 bits per heavy atom. The summed E-state index contributed by atoms with van der Waals surface area (Å²) in [6.07, 6.45) is -9.26. The molecule has 0 radical (unpaired) electrons. The normalized spacial score (nSPS) is 35.5. The fourth-order valence-electron chi connectivity index (χ4n) is 16.5. The molecule has 702 valence electrons. The number of carbonyl (C=O) groups excluding carboxylic acids is 3. The zero-order valence-corrected chi connectivity index (χ0v) is 71.2. The van der Waals surface area contributed by atoms with E-state index in [1.807, 2.05) is 6.08 Å². The highest BCUT2D eigenvalue weighted by Crippen LogP contribution is 2.38. The molecule has 0 aromatic heterocycles. The first-order valence-corrected chi connectivity index (χ1v) is 45.0. The first kappa shape index (κ1) is 106. The maximum absolute atomic E-state index is 13.6. The number of amides is 3. The summed E-state index contributed by atoms with van der Waals surface area (Å²) in [5.74, 6) is -2.05. The minimum absolute atomic E-state index is 0.181. The monoisotopic (exact) mass is 1730 g/mol. The Labute approximate surface area is 707 Å². The van der Waals surface area contributed by atoms with Gasteiger partial charge in [0.2, 0.25) is 17.7 Å². The van der Waals surface area contributed by atoms with E-state index in [0.717, 1.165) is 65.2 Å². The lowest BCUT2D eigenvalue weighted by atomic mass is 9.93. The second-order valence-electron chi connectivity index (χ2n) is 33.5. The van der Waals surface area contributed by atoms with Crippen molar-refractivity contribution in [1.29, 1.82) is 0 Å². The summed E-state index contributed by atoms with van der Waals surface area (Å²) >= 11 is 0. The summed E-state index contributed by atoms with van der Waals surface area (Å²) in [5, 5.41) is 208. The predicted molar refractivity (Wildman–Crippen MR) is 431 cm³/mol. The number of hydrogen-bond donors (Lipinski definition) is 21. The molecule has 6 heterocycles. The number of nitrogens with one attached hydrogen (secondary N) is 3. The highest BCUT2D eigenvalue weighted by molar-refractivity contribution is 5.76. The van der Waals surface area contributed by atoms with Crippen LogP contribution >= 0.6 is 0 Å². The Balaban J connectivity index is 1.04. The van der Waals surface area contributed by atoms with Gasteiger partial charge in [-0.25, -0.2) is 0 Å². The third kappa shape index (κ3) is 33.9. The quantitative estimate of drug-likeness (QED) is 0.0294. The van der Waals surface area contributed by atoms with Gasteiger partial charge in [-0.05, 0) is 19.3 Å². The SMILES string of the molecule is CCCCCCCCCCCCC/C=C/[C@@H](O)[C@H](CO[C@@H]1OC(CO)[C@@H](O[C@@H]2OC(CO)[C@H](O[C@@H]3OC(CO)[C@H](O)[C@H](O[C@@H]4OC(CO)[C@H](O)[C@H](O[C@@H]5OC(CO)[C@@H](O[C@@H]6OC(CO)[C@H](O)[C@H](O)C6O)[C@H](O)C5NC(C)=O)C4O)C3NC(C)=O)[C@H](O)C2O)[C@H](O)C1O)NC(=O)CCCCCCCCCCCCCCCCCCCCCCCCC. The molecular weight excluding hydrogens is 1580 g/mol. The van der Waals surface area contributed by atoms with E-state index in [1.165, 1.54) is 161 Å². The molecule has 6 aliphatic rings.